The zero-order chi connectivity index (χ0) is 38.9. The molecule has 0 fully saturated rings. The molecule has 12 rings (SSSR count). The van der Waals surface area contributed by atoms with E-state index in [1.807, 2.05) is 115 Å². The Hall–Kier alpha value is -8.30. The second-order valence-corrected chi connectivity index (χ2v) is 14.4. The molecule has 280 valence electrons. The topological polar surface area (TPSA) is 79.0 Å². The molecule has 59 heavy (non-hydrogen) atoms. The molecule has 0 radical (unpaired) electrons. The molecule has 0 saturated carbocycles. The van der Waals surface area contributed by atoms with E-state index in [-0.39, 0.29) is 0 Å². The fourth-order valence-electron chi connectivity index (χ4n) is 8.27. The highest BCUT2D eigenvalue weighted by Gasteiger charge is 2.33. The molecule has 3 aliphatic heterocycles. The average Bonchev–Trinajstić information content (AvgIpc) is 3.80. The molecule has 0 spiro atoms. The molecule has 9 aromatic rings. The fraction of sp³-hybridized carbons (Fsp3) is 0. The number of ether oxygens (including phenoxy) is 3. The van der Waals surface area contributed by atoms with Gasteiger partial charge in [-0.2, -0.15) is 0 Å². The standard InChI is InChI=1S/C50H32N6O3/c1-2-14-32(15-3-1)49-51-50(53-52-49)35-16-4-5-17-36(35)56-41-28-26-33(54-37-18-6-10-22-43(37)57-44-23-11-7-19-38(44)54)30-47(41)59-48-31-34(27-29-42(48)56)55-39-20-8-12-24-45(39)58-46-25-13-9-21-40(46)55/h1-31H,(H,51,52,53). The van der Waals surface area contributed by atoms with E-state index in [1.165, 1.54) is 0 Å². The molecular weight excluding hydrogens is 733 g/mol. The average molecular weight is 765 g/mol. The van der Waals surface area contributed by atoms with Crippen LogP contribution in [-0.4, -0.2) is 15.2 Å². The molecule has 0 unspecified atom stereocenters. The summed E-state index contributed by atoms with van der Waals surface area (Å²) in [6.45, 7) is 0. The van der Waals surface area contributed by atoms with E-state index in [2.05, 4.69) is 103 Å². The van der Waals surface area contributed by atoms with Gasteiger partial charge in [0.1, 0.15) is 0 Å². The zero-order valence-corrected chi connectivity index (χ0v) is 31.4. The van der Waals surface area contributed by atoms with Crippen LogP contribution in [-0.2, 0) is 0 Å². The van der Waals surface area contributed by atoms with Crippen molar-refractivity contribution in [1.82, 2.24) is 15.2 Å². The number of aromatic nitrogens is 3. The van der Waals surface area contributed by atoms with Crippen LogP contribution in [0.5, 0.6) is 34.5 Å². The second-order valence-electron chi connectivity index (χ2n) is 14.4. The van der Waals surface area contributed by atoms with Crippen LogP contribution in [0.1, 0.15) is 0 Å². The minimum absolute atomic E-state index is 0.658. The lowest BCUT2D eigenvalue weighted by molar-refractivity contribution is 0.473. The Balaban J connectivity index is 1.04. The van der Waals surface area contributed by atoms with Gasteiger partial charge in [-0.05, 0) is 84.9 Å². The van der Waals surface area contributed by atoms with Crippen LogP contribution in [0.4, 0.5) is 51.2 Å². The van der Waals surface area contributed by atoms with Gasteiger partial charge >= 0.3 is 0 Å². The van der Waals surface area contributed by atoms with Crippen molar-refractivity contribution in [2.45, 2.75) is 0 Å². The molecule has 8 aromatic carbocycles. The van der Waals surface area contributed by atoms with Crippen LogP contribution in [0.25, 0.3) is 22.8 Å². The number of fused-ring (bicyclic) bond motifs is 6. The van der Waals surface area contributed by atoms with Crippen molar-refractivity contribution in [2.24, 2.45) is 0 Å². The molecule has 0 saturated heterocycles. The summed E-state index contributed by atoms with van der Waals surface area (Å²) in [5.74, 6) is 5.86. The van der Waals surface area contributed by atoms with Crippen molar-refractivity contribution in [3.05, 3.63) is 188 Å². The van der Waals surface area contributed by atoms with E-state index < -0.39 is 0 Å². The number of anilines is 9. The summed E-state index contributed by atoms with van der Waals surface area (Å²) in [5, 5.41) is 9.22. The smallest absolute Gasteiger partial charge is 0.163 e. The molecule has 3 aliphatic rings. The largest absolute Gasteiger partial charge is 0.453 e. The van der Waals surface area contributed by atoms with Gasteiger partial charge < -0.3 is 33.9 Å². The van der Waals surface area contributed by atoms with Gasteiger partial charge in [0.15, 0.2) is 46.1 Å². The molecule has 0 atom stereocenters. The predicted molar refractivity (Wildman–Crippen MR) is 232 cm³/mol. The Morgan fingerprint density at radius 2 is 0.712 bits per heavy atom. The summed E-state index contributed by atoms with van der Waals surface area (Å²) in [7, 11) is 0. The number of benzene rings is 8. The van der Waals surface area contributed by atoms with E-state index in [4.69, 9.17) is 14.2 Å². The van der Waals surface area contributed by atoms with Gasteiger partial charge in [-0.1, -0.05) is 91.0 Å². The van der Waals surface area contributed by atoms with E-state index in [9.17, 15) is 0 Å². The predicted octanol–water partition coefficient (Wildman–Crippen LogP) is 13.9. The Morgan fingerprint density at radius 1 is 0.322 bits per heavy atom. The maximum Gasteiger partial charge on any atom is 0.163 e. The van der Waals surface area contributed by atoms with E-state index in [1.54, 1.807) is 0 Å². The first-order chi connectivity index (χ1) is 29.2. The normalized spacial score (nSPS) is 13.1. The minimum Gasteiger partial charge on any atom is -0.453 e. The SMILES string of the molecule is c1ccc(-c2nnc(-c3ccccc3N3c4ccc(N5c6ccccc6Oc6ccccc65)cc4Oc4cc(N5c6ccccc6Oc6ccccc65)ccc43)[nH]2)cc1. The number of aromatic amines is 1. The van der Waals surface area contributed by atoms with Crippen LogP contribution in [0.15, 0.2) is 188 Å². The van der Waals surface area contributed by atoms with Crippen LogP contribution < -0.4 is 28.9 Å². The zero-order valence-electron chi connectivity index (χ0n) is 31.4. The van der Waals surface area contributed by atoms with Gasteiger partial charge in [0, 0.05) is 23.3 Å². The number of para-hydroxylation sites is 9. The molecule has 4 heterocycles. The molecule has 0 bridgehead atoms. The van der Waals surface area contributed by atoms with Crippen molar-refractivity contribution >= 4 is 51.2 Å². The maximum absolute atomic E-state index is 7.06. The number of hydrogen-bond donors (Lipinski definition) is 1. The lowest BCUT2D eigenvalue weighted by atomic mass is 10.0. The summed E-state index contributed by atoms with van der Waals surface area (Å²) in [6.07, 6.45) is 0. The quantitative estimate of drug-likeness (QED) is 0.186. The van der Waals surface area contributed by atoms with Gasteiger partial charge in [0.05, 0.1) is 51.2 Å². The first-order valence-electron chi connectivity index (χ1n) is 19.4. The lowest BCUT2D eigenvalue weighted by Crippen LogP contribution is -2.20. The van der Waals surface area contributed by atoms with Gasteiger partial charge in [0.2, 0.25) is 0 Å². The summed E-state index contributed by atoms with van der Waals surface area (Å²) in [5.41, 5.74) is 10.1. The first kappa shape index (κ1) is 32.9. The second kappa shape index (κ2) is 13.1. The highest BCUT2D eigenvalue weighted by molar-refractivity contribution is 5.96. The van der Waals surface area contributed by atoms with Crippen molar-refractivity contribution in [2.75, 3.05) is 14.7 Å². The van der Waals surface area contributed by atoms with E-state index >= 15 is 0 Å². The van der Waals surface area contributed by atoms with Crippen molar-refractivity contribution in [3.63, 3.8) is 0 Å². The van der Waals surface area contributed by atoms with Crippen LogP contribution >= 0.6 is 0 Å². The molecular formula is C50H32N6O3. The van der Waals surface area contributed by atoms with Crippen LogP contribution in [0, 0.1) is 0 Å². The number of H-pyrrole nitrogens is 1. The third kappa shape index (κ3) is 5.33. The lowest BCUT2D eigenvalue weighted by Gasteiger charge is -2.37. The molecule has 0 aliphatic carbocycles. The molecule has 1 aromatic heterocycles. The highest BCUT2D eigenvalue weighted by atomic mass is 16.5. The van der Waals surface area contributed by atoms with Gasteiger partial charge in [0.25, 0.3) is 0 Å². The number of nitrogens with one attached hydrogen (secondary N) is 1. The highest BCUT2D eigenvalue weighted by Crippen LogP contribution is 2.58. The Morgan fingerprint density at radius 3 is 1.22 bits per heavy atom. The Kier molecular flexibility index (Phi) is 7.33. The first-order valence-corrected chi connectivity index (χ1v) is 19.4. The van der Waals surface area contributed by atoms with Crippen LogP contribution in [0.3, 0.4) is 0 Å². The summed E-state index contributed by atoms with van der Waals surface area (Å²) < 4.78 is 19.8. The van der Waals surface area contributed by atoms with Gasteiger partial charge in [-0.15, -0.1) is 10.2 Å². The Bertz CT molecular complexity index is 2850. The van der Waals surface area contributed by atoms with E-state index in [0.29, 0.717) is 23.1 Å². The summed E-state index contributed by atoms with van der Waals surface area (Å²) >= 11 is 0. The van der Waals surface area contributed by atoms with Crippen molar-refractivity contribution < 1.29 is 14.2 Å². The summed E-state index contributed by atoms with van der Waals surface area (Å²) in [4.78, 5) is 10.2. The maximum atomic E-state index is 7.06. The van der Waals surface area contributed by atoms with Gasteiger partial charge in [-0.3, -0.25) is 0 Å². The Labute approximate surface area is 339 Å². The van der Waals surface area contributed by atoms with Crippen LogP contribution in [0.2, 0.25) is 0 Å². The molecule has 0 amide bonds. The molecule has 9 heteroatoms. The summed E-state index contributed by atoms with van der Waals surface area (Å²) in [6, 6.07) is 63.5. The minimum atomic E-state index is 0.658. The number of hydrogen-bond acceptors (Lipinski definition) is 8. The third-order valence-corrected chi connectivity index (χ3v) is 10.9. The fourth-order valence-corrected chi connectivity index (χ4v) is 8.27. The number of nitrogens with zero attached hydrogens (tertiary/aromatic N) is 5. The molecule has 1 N–H and O–H groups in total. The monoisotopic (exact) mass is 764 g/mol. The van der Waals surface area contributed by atoms with E-state index in [0.717, 1.165) is 85.3 Å². The number of rotatable bonds is 5. The van der Waals surface area contributed by atoms with Crippen molar-refractivity contribution in [1.29, 1.82) is 0 Å². The van der Waals surface area contributed by atoms with Crippen molar-refractivity contribution in [3.8, 4) is 57.3 Å². The van der Waals surface area contributed by atoms with Gasteiger partial charge in [-0.25, -0.2) is 0 Å². The third-order valence-electron chi connectivity index (χ3n) is 10.9. The molecule has 9 nitrogen and oxygen atoms in total.